The Morgan fingerprint density at radius 1 is 1.42 bits per heavy atom. The predicted octanol–water partition coefficient (Wildman–Crippen LogP) is 2.09. The number of aliphatic hydroxyl groups is 1. The third kappa shape index (κ3) is 5.84. The summed E-state index contributed by atoms with van der Waals surface area (Å²) in [6.45, 7) is 6.93. The first-order valence-corrected chi connectivity index (χ1v) is 7.14. The average molecular weight is 331 g/mol. The maximum atomic E-state index is 10.2. The van der Waals surface area contributed by atoms with Gasteiger partial charge in [-0.3, -0.25) is 0 Å². The molecular formula is C13H23BrN4O. The number of anilines is 1. The average Bonchev–Trinajstić information content (AvgIpc) is 2.24. The van der Waals surface area contributed by atoms with E-state index in [1.165, 1.54) is 0 Å². The lowest BCUT2D eigenvalue weighted by atomic mass is 10.1. The summed E-state index contributed by atoms with van der Waals surface area (Å²) in [5, 5.41) is 13.4. The fraction of sp³-hybridized carbons (Fsp3) is 0.692. The maximum absolute atomic E-state index is 10.2. The van der Waals surface area contributed by atoms with Gasteiger partial charge in [0.2, 0.25) is 0 Å². The van der Waals surface area contributed by atoms with Crippen molar-refractivity contribution < 1.29 is 5.11 Å². The van der Waals surface area contributed by atoms with E-state index in [1.54, 1.807) is 6.92 Å². The van der Waals surface area contributed by atoms with E-state index in [0.29, 0.717) is 13.1 Å². The Morgan fingerprint density at radius 2 is 2.05 bits per heavy atom. The van der Waals surface area contributed by atoms with Crippen molar-refractivity contribution in [2.45, 2.75) is 32.3 Å². The number of likely N-dealkylation sites (N-methyl/N-ethyl adjacent to an activating group) is 1. The van der Waals surface area contributed by atoms with E-state index in [1.807, 2.05) is 38.9 Å². The van der Waals surface area contributed by atoms with Crippen molar-refractivity contribution in [3.63, 3.8) is 0 Å². The molecule has 0 fully saturated rings. The third-order valence-corrected chi connectivity index (χ3v) is 2.94. The highest BCUT2D eigenvalue weighted by molar-refractivity contribution is 9.10. The molecule has 1 heterocycles. The standard InChI is InChI=1S/C13H23BrN4O/c1-9(2)12-16-10(14)6-11(17-12)15-7-13(3,19)8-18(4)5/h6,9,19H,7-8H2,1-5H3,(H,15,16,17). The van der Waals surface area contributed by atoms with Crippen LogP contribution in [0.5, 0.6) is 0 Å². The molecule has 1 aromatic heterocycles. The maximum Gasteiger partial charge on any atom is 0.134 e. The van der Waals surface area contributed by atoms with Crippen molar-refractivity contribution in [3.8, 4) is 0 Å². The van der Waals surface area contributed by atoms with Crippen LogP contribution < -0.4 is 5.32 Å². The summed E-state index contributed by atoms with van der Waals surface area (Å²) in [5.41, 5.74) is -0.807. The summed E-state index contributed by atoms with van der Waals surface area (Å²) in [6, 6.07) is 1.82. The Bertz CT molecular complexity index is 421. The van der Waals surface area contributed by atoms with E-state index in [4.69, 9.17) is 0 Å². The van der Waals surface area contributed by atoms with Gasteiger partial charge in [-0.2, -0.15) is 0 Å². The second-order valence-corrected chi connectivity index (χ2v) is 6.49. The molecular weight excluding hydrogens is 308 g/mol. The monoisotopic (exact) mass is 330 g/mol. The van der Waals surface area contributed by atoms with Gasteiger partial charge in [-0.15, -0.1) is 0 Å². The Morgan fingerprint density at radius 3 is 2.58 bits per heavy atom. The van der Waals surface area contributed by atoms with E-state index in [2.05, 4.69) is 31.2 Å². The topological polar surface area (TPSA) is 61.3 Å². The lowest BCUT2D eigenvalue weighted by Crippen LogP contribution is -2.43. The molecule has 1 aromatic rings. The summed E-state index contributed by atoms with van der Waals surface area (Å²) in [6.07, 6.45) is 0. The first-order valence-electron chi connectivity index (χ1n) is 6.35. The highest BCUT2D eigenvalue weighted by Crippen LogP contribution is 2.18. The summed E-state index contributed by atoms with van der Waals surface area (Å²) in [4.78, 5) is 10.7. The number of hydrogen-bond acceptors (Lipinski definition) is 5. The molecule has 1 unspecified atom stereocenters. The zero-order chi connectivity index (χ0) is 14.6. The van der Waals surface area contributed by atoms with Gasteiger partial charge >= 0.3 is 0 Å². The number of halogens is 1. The minimum Gasteiger partial charge on any atom is -0.387 e. The lowest BCUT2D eigenvalue weighted by Gasteiger charge is -2.27. The largest absolute Gasteiger partial charge is 0.387 e. The fourth-order valence-electron chi connectivity index (χ4n) is 1.80. The molecule has 0 radical (unpaired) electrons. The van der Waals surface area contributed by atoms with E-state index < -0.39 is 5.60 Å². The van der Waals surface area contributed by atoms with Crippen LogP contribution in [0.15, 0.2) is 10.7 Å². The van der Waals surface area contributed by atoms with Crippen molar-refractivity contribution >= 4 is 21.7 Å². The van der Waals surface area contributed by atoms with Crippen molar-refractivity contribution in [2.75, 3.05) is 32.5 Å². The Hall–Kier alpha value is -0.720. The van der Waals surface area contributed by atoms with E-state index in [0.717, 1.165) is 16.2 Å². The fourth-order valence-corrected chi connectivity index (χ4v) is 2.20. The van der Waals surface area contributed by atoms with Gasteiger partial charge in [0, 0.05) is 25.1 Å². The lowest BCUT2D eigenvalue weighted by molar-refractivity contribution is 0.0459. The van der Waals surface area contributed by atoms with Gasteiger partial charge in [-0.05, 0) is 36.9 Å². The van der Waals surface area contributed by atoms with Crippen molar-refractivity contribution in [1.29, 1.82) is 0 Å². The molecule has 108 valence electrons. The molecule has 1 rings (SSSR count). The first kappa shape index (κ1) is 16.3. The van der Waals surface area contributed by atoms with Gasteiger partial charge in [0.25, 0.3) is 0 Å². The molecule has 0 aliphatic carbocycles. The van der Waals surface area contributed by atoms with Crippen LogP contribution in [0, 0.1) is 0 Å². The van der Waals surface area contributed by atoms with E-state index >= 15 is 0 Å². The second kappa shape index (κ2) is 6.63. The third-order valence-electron chi connectivity index (χ3n) is 2.54. The molecule has 2 N–H and O–H groups in total. The van der Waals surface area contributed by atoms with Gasteiger partial charge in [0.05, 0.1) is 5.60 Å². The van der Waals surface area contributed by atoms with Crippen LogP contribution in [-0.4, -0.2) is 52.8 Å². The van der Waals surface area contributed by atoms with Crippen LogP contribution >= 0.6 is 15.9 Å². The number of aromatic nitrogens is 2. The minimum atomic E-state index is -0.807. The number of nitrogens with one attached hydrogen (secondary N) is 1. The van der Waals surface area contributed by atoms with Gasteiger partial charge in [0.15, 0.2) is 0 Å². The normalized spacial score (nSPS) is 14.8. The van der Waals surface area contributed by atoms with Gasteiger partial charge in [-0.25, -0.2) is 9.97 Å². The molecule has 0 aliphatic heterocycles. The number of hydrogen-bond donors (Lipinski definition) is 2. The molecule has 0 spiro atoms. The van der Waals surface area contributed by atoms with Crippen LogP contribution in [0.3, 0.4) is 0 Å². The van der Waals surface area contributed by atoms with Crippen molar-refractivity contribution in [1.82, 2.24) is 14.9 Å². The highest BCUT2D eigenvalue weighted by atomic mass is 79.9. The number of rotatable bonds is 6. The number of nitrogens with zero attached hydrogens (tertiary/aromatic N) is 3. The van der Waals surface area contributed by atoms with Crippen molar-refractivity contribution in [3.05, 3.63) is 16.5 Å². The summed E-state index contributed by atoms with van der Waals surface area (Å²) >= 11 is 3.38. The van der Waals surface area contributed by atoms with Crippen LogP contribution in [0.1, 0.15) is 32.5 Å². The molecule has 0 bridgehead atoms. The summed E-state index contributed by atoms with van der Waals surface area (Å²) in [7, 11) is 3.87. The SMILES string of the molecule is CC(C)c1nc(Br)cc(NCC(C)(O)CN(C)C)n1. The molecule has 0 aliphatic rings. The molecule has 1 atom stereocenters. The molecule has 0 amide bonds. The first-order chi connectivity index (χ1) is 8.69. The second-order valence-electron chi connectivity index (χ2n) is 5.68. The van der Waals surface area contributed by atoms with Gasteiger partial charge < -0.3 is 15.3 Å². The zero-order valence-electron chi connectivity index (χ0n) is 12.2. The predicted molar refractivity (Wildman–Crippen MR) is 81.5 cm³/mol. The van der Waals surface area contributed by atoms with Gasteiger partial charge in [0.1, 0.15) is 16.2 Å². The van der Waals surface area contributed by atoms with Crippen LogP contribution in [0.25, 0.3) is 0 Å². The van der Waals surface area contributed by atoms with Crippen LogP contribution in [0.2, 0.25) is 0 Å². The van der Waals surface area contributed by atoms with Crippen molar-refractivity contribution in [2.24, 2.45) is 0 Å². The zero-order valence-corrected chi connectivity index (χ0v) is 13.8. The molecule has 19 heavy (non-hydrogen) atoms. The molecule has 5 nitrogen and oxygen atoms in total. The molecule has 0 aromatic carbocycles. The molecule has 0 saturated carbocycles. The summed E-state index contributed by atoms with van der Waals surface area (Å²) < 4.78 is 0.751. The minimum absolute atomic E-state index is 0.264. The molecule has 6 heteroatoms. The highest BCUT2D eigenvalue weighted by Gasteiger charge is 2.21. The van der Waals surface area contributed by atoms with Crippen LogP contribution in [-0.2, 0) is 0 Å². The Balaban J connectivity index is 2.72. The Labute approximate surface area is 123 Å². The van der Waals surface area contributed by atoms with E-state index in [-0.39, 0.29) is 5.92 Å². The quantitative estimate of drug-likeness (QED) is 0.782. The van der Waals surface area contributed by atoms with E-state index in [9.17, 15) is 5.11 Å². The summed E-state index contributed by atoms with van der Waals surface area (Å²) in [5.74, 6) is 1.77. The molecule has 0 saturated heterocycles. The smallest absolute Gasteiger partial charge is 0.134 e. The Kier molecular flexibility index (Phi) is 5.70. The van der Waals surface area contributed by atoms with Gasteiger partial charge in [-0.1, -0.05) is 13.8 Å². The van der Waals surface area contributed by atoms with Crippen LogP contribution in [0.4, 0.5) is 5.82 Å².